The lowest BCUT2D eigenvalue weighted by atomic mass is 9.89. The van der Waals surface area contributed by atoms with Crippen molar-refractivity contribution in [3.8, 4) is 11.3 Å². The van der Waals surface area contributed by atoms with Gasteiger partial charge in [0, 0.05) is 29.9 Å². The minimum atomic E-state index is -0.344. The summed E-state index contributed by atoms with van der Waals surface area (Å²) in [6.07, 6.45) is 3.95. The Hall–Kier alpha value is -2.43. The second kappa shape index (κ2) is 8.51. The monoisotopic (exact) mass is 367 g/mol. The molecule has 1 aliphatic rings. The van der Waals surface area contributed by atoms with Gasteiger partial charge in [0.2, 0.25) is 5.95 Å². The van der Waals surface area contributed by atoms with Crippen molar-refractivity contribution in [2.24, 2.45) is 0 Å². The Morgan fingerprint density at radius 3 is 2.41 bits per heavy atom. The van der Waals surface area contributed by atoms with Gasteiger partial charge in [-0.15, -0.1) is 0 Å². The predicted molar refractivity (Wildman–Crippen MR) is 108 cm³/mol. The lowest BCUT2D eigenvalue weighted by Crippen LogP contribution is -2.23. The number of aromatic nitrogens is 2. The van der Waals surface area contributed by atoms with E-state index in [0.29, 0.717) is 0 Å². The van der Waals surface area contributed by atoms with Crippen molar-refractivity contribution in [3.63, 3.8) is 0 Å². The van der Waals surface area contributed by atoms with Gasteiger partial charge in [0.25, 0.3) is 0 Å². The first kappa shape index (κ1) is 19.3. The van der Waals surface area contributed by atoms with Gasteiger partial charge in [-0.05, 0) is 33.1 Å². The van der Waals surface area contributed by atoms with Crippen LogP contribution in [0.3, 0.4) is 0 Å². The number of benzene rings is 1. The molecule has 1 aliphatic heterocycles. The van der Waals surface area contributed by atoms with Crippen LogP contribution in [0.15, 0.2) is 24.3 Å². The summed E-state index contributed by atoms with van der Waals surface area (Å²) in [5, 5.41) is 0. The van der Waals surface area contributed by atoms with Crippen LogP contribution < -0.4 is 4.90 Å². The number of esters is 1. The van der Waals surface area contributed by atoms with E-state index in [2.05, 4.69) is 43.0 Å². The Morgan fingerprint density at radius 1 is 1.15 bits per heavy atom. The van der Waals surface area contributed by atoms with E-state index in [0.717, 1.165) is 54.4 Å². The molecule has 27 heavy (non-hydrogen) atoms. The summed E-state index contributed by atoms with van der Waals surface area (Å²) < 4.78 is 5.11. The average Bonchev–Trinajstić information content (AvgIpc) is 3.21. The van der Waals surface area contributed by atoms with Crippen LogP contribution in [0.5, 0.6) is 0 Å². The van der Waals surface area contributed by atoms with Crippen LogP contribution in [-0.2, 0) is 9.53 Å². The molecule has 1 aromatic heterocycles. The lowest BCUT2D eigenvalue weighted by molar-refractivity contribution is -0.142. The maximum Gasteiger partial charge on any atom is 0.313 e. The molecule has 3 rings (SSSR count). The van der Waals surface area contributed by atoms with Crippen molar-refractivity contribution in [1.29, 1.82) is 0 Å². The standard InChI is InChI=1S/C22H29N3O2/c1-5-8-18(21(26)27-4)19-16(3)23-22(25-13-6-7-14-25)24-20(19)17-11-9-15(2)10-12-17/h9-12,18H,5-8,13-14H2,1-4H3. The molecule has 0 N–H and O–H groups in total. The van der Waals surface area contributed by atoms with E-state index in [-0.39, 0.29) is 11.9 Å². The highest BCUT2D eigenvalue weighted by Gasteiger charge is 2.29. The zero-order valence-electron chi connectivity index (χ0n) is 16.8. The Morgan fingerprint density at radius 2 is 1.81 bits per heavy atom. The first-order valence-corrected chi connectivity index (χ1v) is 9.83. The number of hydrogen-bond acceptors (Lipinski definition) is 5. The molecule has 2 aromatic rings. The largest absolute Gasteiger partial charge is 0.469 e. The summed E-state index contributed by atoms with van der Waals surface area (Å²) in [7, 11) is 1.45. The zero-order valence-corrected chi connectivity index (χ0v) is 16.8. The zero-order chi connectivity index (χ0) is 19.4. The number of ether oxygens (including phenoxy) is 1. The van der Waals surface area contributed by atoms with E-state index in [1.54, 1.807) is 0 Å². The highest BCUT2D eigenvalue weighted by atomic mass is 16.5. The van der Waals surface area contributed by atoms with Gasteiger partial charge < -0.3 is 9.64 Å². The maximum absolute atomic E-state index is 12.5. The molecule has 0 spiro atoms. The van der Waals surface area contributed by atoms with Gasteiger partial charge in [-0.3, -0.25) is 4.79 Å². The number of anilines is 1. The molecule has 0 saturated carbocycles. The van der Waals surface area contributed by atoms with Gasteiger partial charge in [0.1, 0.15) is 0 Å². The second-order valence-electron chi connectivity index (χ2n) is 7.30. The summed E-state index contributed by atoms with van der Waals surface area (Å²) in [6, 6.07) is 8.32. The predicted octanol–water partition coefficient (Wildman–Crippen LogP) is 4.42. The molecule has 0 radical (unpaired) electrons. The van der Waals surface area contributed by atoms with E-state index in [4.69, 9.17) is 14.7 Å². The van der Waals surface area contributed by atoms with Crippen LogP contribution >= 0.6 is 0 Å². The van der Waals surface area contributed by atoms with E-state index < -0.39 is 0 Å². The fraction of sp³-hybridized carbons (Fsp3) is 0.500. The van der Waals surface area contributed by atoms with Crippen LogP contribution in [0.2, 0.25) is 0 Å². The smallest absolute Gasteiger partial charge is 0.313 e. The van der Waals surface area contributed by atoms with Gasteiger partial charge in [-0.2, -0.15) is 0 Å². The third-order valence-corrected chi connectivity index (χ3v) is 5.25. The number of hydrogen-bond donors (Lipinski definition) is 0. The second-order valence-corrected chi connectivity index (χ2v) is 7.30. The molecule has 144 valence electrons. The number of carbonyl (C=O) groups is 1. The summed E-state index contributed by atoms with van der Waals surface area (Å²) in [5.41, 5.74) is 4.84. The Balaban J connectivity index is 2.17. The molecule has 5 nitrogen and oxygen atoms in total. The average molecular weight is 367 g/mol. The van der Waals surface area contributed by atoms with Gasteiger partial charge in [0.05, 0.1) is 18.7 Å². The minimum Gasteiger partial charge on any atom is -0.469 e. The van der Waals surface area contributed by atoms with Gasteiger partial charge >= 0.3 is 5.97 Å². The number of rotatable bonds is 6. The molecule has 0 aliphatic carbocycles. The SMILES string of the molecule is CCCC(C(=O)OC)c1c(C)nc(N2CCCC2)nc1-c1ccc(C)cc1. The number of aryl methyl sites for hydroxylation is 2. The third-order valence-electron chi connectivity index (χ3n) is 5.25. The number of nitrogens with zero attached hydrogens (tertiary/aromatic N) is 3. The molecular formula is C22H29N3O2. The quantitative estimate of drug-likeness (QED) is 0.708. The van der Waals surface area contributed by atoms with Crippen LogP contribution in [0, 0.1) is 13.8 Å². The first-order chi connectivity index (χ1) is 13.0. The van der Waals surface area contributed by atoms with Crippen molar-refractivity contribution in [2.45, 2.75) is 52.4 Å². The molecule has 5 heteroatoms. The fourth-order valence-corrected chi connectivity index (χ4v) is 3.78. The lowest BCUT2D eigenvalue weighted by Gasteiger charge is -2.23. The Kier molecular flexibility index (Phi) is 6.09. The molecule has 1 fully saturated rings. The van der Waals surface area contributed by atoms with Crippen molar-refractivity contribution in [3.05, 3.63) is 41.1 Å². The molecule has 1 atom stereocenters. The maximum atomic E-state index is 12.5. The highest BCUT2D eigenvalue weighted by molar-refractivity contribution is 5.82. The summed E-state index contributed by atoms with van der Waals surface area (Å²) in [6.45, 7) is 8.11. The van der Waals surface area contributed by atoms with Crippen LogP contribution in [-0.4, -0.2) is 36.1 Å². The van der Waals surface area contributed by atoms with Crippen LogP contribution in [0.4, 0.5) is 5.95 Å². The summed E-state index contributed by atoms with van der Waals surface area (Å²) in [5.74, 6) is 0.208. The first-order valence-electron chi connectivity index (χ1n) is 9.83. The molecule has 2 heterocycles. The van der Waals surface area contributed by atoms with E-state index in [9.17, 15) is 4.79 Å². The molecule has 0 amide bonds. The van der Waals surface area contributed by atoms with E-state index in [1.807, 2.05) is 6.92 Å². The number of carbonyl (C=O) groups excluding carboxylic acids is 1. The number of methoxy groups -OCH3 is 1. The summed E-state index contributed by atoms with van der Waals surface area (Å²) in [4.78, 5) is 24.5. The van der Waals surface area contributed by atoms with Crippen molar-refractivity contribution in [1.82, 2.24) is 9.97 Å². The Bertz CT molecular complexity index is 796. The molecule has 1 aromatic carbocycles. The van der Waals surface area contributed by atoms with Crippen molar-refractivity contribution >= 4 is 11.9 Å². The van der Waals surface area contributed by atoms with Gasteiger partial charge in [-0.1, -0.05) is 43.2 Å². The molecule has 1 saturated heterocycles. The fourth-order valence-electron chi connectivity index (χ4n) is 3.78. The summed E-state index contributed by atoms with van der Waals surface area (Å²) >= 11 is 0. The van der Waals surface area contributed by atoms with Crippen LogP contribution in [0.25, 0.3) is 11.3 Å². The third kappa shape index (κ3) is 4.12. The topological polar surface area (TPSA) is 55.3 Å². The molecule has 0 bridgehead atoms. The van der Waals surface area contributed by atoms with E-state index in [1.165, 1.54) is 25.5 Å². The molecular weight excluding hydrogens is 338 g/mol. The van der Waals surface area contributed by atoms with Crippen molar-refractivity contribution in [2.75, 3.05) is 25.1 Å². The minimum absolute atomic E-state index is 0.217. The normalized spacial score (nSPS) is 15.0. The highest BCUT2D eigenvalue weighted by Crippen LogP contribution is 2.35. The van der Waals surface area contributed by atoms with Crippen molar-refractivity contribution < 1.29 is 9.53 Å². The van der Waals surface area contributed by atoms with Crippen LogP contribution in [0.1, 0.15) is 55.3 Å². The van der Waals surface area contributed by atoms with E-state index >= 15 is 0 Å². The Labute approximate surface area is 161 Å². The molecule has 1 unspecified atom stereocenters. The van der Waals surface area contributed by atoms with Gasteiger partial charge in [0.15, 0.2) is 0 Å². The van der Waals surface area contributed by atoms with Gasteiger partial charge in [-0.25, -0.2) is 9.97 Å².